The number of aliphatic hydroxyl groups excluding tert-OH is 1. The minimum Gasteiger partial charge on any atom is -0.393 e. The fourth-order valence-electron chi connectivity index (χ4n) is 2.04. The number of rotatable bonds is 5. The molecule has 0 unspecified atom stereocenters. The normalized spacial score (nSPS) is 26.9. The third-order valence-corrected chi connectivity index (χ3v) is 3.04. The van der Waals surface area contributed by atoms with Crippen LogP contribution in [0.15, 0.2) is 0 Å². The maximum absolute atomic E-state index is 11.7. The molecule has 0 bridgehead atoms. The van der Waals surface area contributed by atoms with E-state index < -0.39 is 0 Å². The van der Waals surface area contributed by atoms with Crippen LogP contribution in [0, 0.1) is 5.92 Å². The monoisotopic (exact) mass is 214 g/mol. The van der Waals surface area contributed by atoms with Gasteiger partial charge in [-0.2, -0.15) is 0 Å². The Morgan fingerprint density at radius 1 is 1.60 bits per heavy atom. The molecule has 0 aromatic heterocycles. The Balaban J connectivity index is 2.26. The topological polar surface area (TPSA) is 66.6 Å². The van der Waals surface area contributed by atoms with Crippen molar-refractivity contribution in [1.29, 1.82) is 0 Å². The van der Waals surface area contributed by atoms with E-state index in [0.717, 1.165) is 32.2 Å². The second kappa shape index (κ2) is 5.47. The molecule has 3 N–H and O–H groups in total. The van der Waals surface area contributed by atoms with Crippen molar-refractivity contribution < 1.29 is 9.90 Å². The average molecular weight is 214 g/mol. The van der Waals surface area contributed by atoms with Crippen molar-refractivity contribution in [2.45, 2.75) is 44.8 Å². The third-order valence-electron chi connectivity index (χ3n) is 3.04. The predicted octanol–water partition coefficient (Wildman–Crippen LogP) is 0.343. The quantitative estimate of drug-likeness (QED) is 0.693. The fraction of sp³-hybridized carbons (Fsp3) is 0.909. The van der Waals surface area contributed by atoms with Crippen LogP contribution in [0.4, 0.5) is 0 Å². The first-order chi connectivity index (χ1) is 7.04. The van der Waals surface area contributed by atoms with Gasteiger partial charge in [0.25, 0.3) is 0 Å². The average Bonchev–Trinajstić information content (AvgIpc) is 2.14. The van der Waals surface area contributed by atoms with Gasteiger partial charge in [0.15, 0.2) is 0 Å². The van der Waals surface area contributed by atoms with Crippen LogP contribution in [-0.4, -0.2) is 41.7 Å². The van der Waals surface area contributed by atoms with Crippen LogP contribution in [0.3, 0.4) is 0 Å². The number of hydrogen-bond acceptors (Lipinski definition) is 3. The summed E-state index contributed by atoms with van der Waals surface area (Å²) in [7, 11) is 1.79. The summed E-state index contributed by atoms with van der Waals surface area (Å²) in [6.07, 6.45) is 3.17. The van der Waals surface area contributed by atoms with Gasteiger partial charge in [0.05, 0.1) is 12.1 Å². The lowest BCUT2D eigenvalue weighted by Gasteiger charge is -2.35. The first-order valence-corrected chi connectivity index (χ1v) is 5.73. The molecule has 0 aliphatic heterocycles. The van der Waals surface area contributed by atoms with Gasteiger partial charge in [0, 0.05) is 13.6 Å². The van der Waals surface area contributed by atoms with E-state index in [-0.39, 0.29) is 18.1 Å². The molecule has 1 rings (SSSR count). The molecule has 0 spiro atoms. The van der Waals surface area contributed by atoms with E-state index in [9.17, 15) is 4.79 Å². The second-order valence-electron chi connectivity index (χ2n) is 4.61. The molecule has 0 heterocycles. The summed E-state index contributed by atoms with van der Waals surface area (Å²) < 4.78 is 0. The molecule has 0 aromatic carbocycles. The molecule has 1 aliphatic carbocycles. The number of amides is 1. The zero-order valence-electron chi connectivity index (χ0n) is 9.65. The predicted molar refractivity (Wildman–Crippen MR) is 59.3 cm³/mol. The summed E-state index contributed by atoms with van der Waals surface area (Å²) >= 11 is 0. The molecule has 88 valence electrons. The Hall–Kier alpha value is -0.610. The summed E-state index contributed by atoms with van der Waals surface area (Å²) in [4.78, 5) is 13.4. The van der Waals surface area contributed by atoms with Crippen molar-refractivity contribution in [3.8, 4) is 0 Å². The Morgan fingerprint density at radius 2 is 2.20 bits per heavy atom. The zero-order valence-corrected chi connectivity index (χ0v) is 9.65. The Bertz CT molecular complexity index is 215. The number of hydrogen-bond donors (Lipinski definition) is 2. The third kappa shape index (κ3) is 3.47. The van der Waals surface area contributed by atoms with E-state index in [0.29, 0.717) is 5.92 Å². The molecule has 1 saturated carbocycles. The van der Waals surface area contributed by atoms with E-state index in [2.05, 4.69) is 0 Å². The van der Waals surface area contributed by atoms with Gasteiger partial charge in [-0.15, -0.1) is 0 Å². The molecule has 4 nitrogen and oxygen atoms in total. The van der Waals surface area contributed by atoms with E-state index >= 15 is 0 Å². The molecular weight excluding hydrogens is 192 g/mol. The van der Waals surface area contributed by atoms with Crippen molar-refractivity contribution >= 4 is 5.91 Å². The first-order valence-electron chi connectivity index (χ1n) is 5.73. The van der Waals surface area contributed by atoms with Gasteiger partial charge < -0.3 is 15.7 Å². The standard InChI is InChI=1S/C11H22N2O2/c1-3-4-10(12)11(15)13(2)7-8-5-9(14)6-8/h8-10,14H,3-7,12H2,1-2H3/t8?,9?,10-/m1/s1. The second-order valence-corrected chi connectivity index (χ2v) is 4.61. The number of aliphatic hydroxyl groups is 1. The fourth-order valence-corrected chi connectivity index (χ4v) is 2.04. The summed E-state index contributed by atoms with van der Waals surface area (Å²) in [6, 6.07) is -0.356. The van der Waals surface area contributed by atoms with Gasteiger partial charge in [-0.05, 0) is 25.2 Å². The maximum Gasteiger partial charge on any atom is 0.239 e. The van der Waals surface area contributed by atoms with Crippen LogP contribution in [-0.2, 0) is 4.79 Å². The highest BCUT2D eigenvalue weighted by Gasteiger charge is 2.29. The number of nitrogens with zero attached hydrogens (tertiary/aromatic N) is 1. The van der Waals surface area contributed by atoms with Gasteiger partial charge in [-0.25, -0.2) is 0 Å². The molecule has 15 heavy (non-hydrogen) atoms. The van der Waals surface area contributed by atoms with Crippen molar-refractivity contribution in [2.24, 2.45) is 11.7 Å². The van der Waals surface area contributed by atoms with E-state index in [4.69, 9.17) is 10.8 Å². The van der Waals surface area contributed by atoms with Gasteiger partial charge >= 0.3 is 0 Å². The highest BCUT2D eigenvalue weighted by molar-refractivity contribution is 5.81. The Morgan fingerprint density at radius 3 is 2.67 bits per heavy atom. The minimum absolute atomic E-state index is 0.0261. The van der Waals surface area contributed by atoms with Crippen LogP contribution < -0.4 is 5.73 Å². The molecule has 0 radical (unpaired) electrons. The zero-order chi connectivity index (χ0) is 11.4. The Labute approximate surface area is 91.4 Å². The van der Waals surface area contributed by atoms with Crippen LogP contribution in [0.5, 0.6) is 0 Å². The Kier molecular flexibility index (Phi) is 4.54. The molecule has 1 amide bonds. The lowest BCUT2D eigenvalue weighted by molar-refractivity contribution is -0.133. The van der Waals surface area contributed by atoms with Crippen LogP contribution in [0.25, 0.3) is 0 Å². The molecule has 1 aliphatic rings. The smallest absolute Gasteiger partial charge is 0.239 e. The molecule has 1 fully saturated rings. The van der Waals surface area contributed by atoms with Crippen molar-refractivity contribution in [2.75, 3.05) is 13.6 Å². The number of carbonyl (C=O) groups is 1. The summed E-state index contributed by atoms with van der Waals surface area (Å²) in [5.41, 5.74) is 5.75. The lowest BCUT2D eigenvalue weighted by Crippen LogP contribution is -2.46. The van der Waals surface area contributed by atoms with E-state index in [1.165, 1.54) is 0 Å². The van der Waals surface area contributed by atoms with Crippen molar-refractivity contribution in [3.05, 3.63) is 0 Å². The minimum atomic E-state index is -0.356. The number of nitrogens with two attached hydrogens (primary N) is 1. The summed E-state index contributed by atoms with van der Waals surface area (Å²) in [6.45, 7) is 2.75. The van der Waals surface area contributed by atoms with Crippen LogP contribution >= 0.6 is 0 Å². The molecule has 4 heteroatoms. The molecule has 0 saturated heterocycles. The largest absolute Gasteiger partial charge is 0.393 e. The van der Waals surface area contributed by atoms with Gasteiger partial charge in [-0.1, -0.05) is 13.3 Å². The van der Waals surface area contributed by atoms with Gasteiger partial charge in [0.1, 0.15) is 0 Å². The van der Waals surface area contributed by atoms with Crippen LogP contribution in [0.1, 0.15) is 32.6 Å². The first kappa shape index (κ1) is 12.5. The lowest BCUT2D eigenvalue weighted by atomic mass is 9.82. The van der Waals surface area contributed by atoms with Crippen molar-refractivity contribution in [1.82, 2.24) is 4.90 Å². The van der Waals surface area contributed by atoms with Gasteiger partial charge in [0.2, 0.25) is 5.91 Å². The molecule has 1 atom stereocenters. The number of likely N-dealkylation sites (N-methyl/N-ethyl adjacent to an activating group) is 1. The van der Waals surface area contributed by atoms with E-state index in [1.54, 1.807) is 11.9 Å². The molecule has 0 aromatic rings. The SMILES string of the molecule is CCC[C@@H](N)C(=O)N(C)CC1CC(O)C1. The highest BCUT2D eigenvalue weighted by Crippen LogP contribution is 2.27. The summed E-state index contributed by atoms with van der Waals surface area (Å²) in [5, 5.41) is 9.14. The van der Waals surface area contributed by atoms with Crippen LogP contribution in [0.2, 0.25) is 0 Å². The summed E-state index contributed by atoms with van der Waals surface area (Å²) in [5.74, 6) is 0.487. The van der Waals surface area contributed by atoms with Gasteiger partial charge in [-0.3, -0.25) is 4.79 Å². The van der Waals surface area contributed by atoms with E-state index in [1.807, 2.05) is 6.92 Å². The maximum atomic E-state index is 11.7. The van der Waals surface area contributed by atoms with Crippen molar-refractivity contribution in [3.63, 3.8) is 0 Å². The molecular formula is C11H22N2O2. The highest BCUT2D eigenvalue weighted by atomic mass is 16.3. The number of carbonyl (C=O) groups excluding carboxylic acids is 1.